The third-order valence-corrected chi connectivity index (χ3v) is 6.22. The Kier molecular flexibility index (Phi) is 8.42. The number of carboxylic acids is 1. The Bertz CT molecular complexity index is 1180. The summed E-state index contributed by atoms with van der Waals surface area (Å²) in [7, 11) is 1.83. The number of hydrogen-bond donors (Lipinski definition) is 2. The van der Waals surface area contributed by atoms with Gasteiger partial charge in [0.05, 0.1) is 47.9 Å². The van der Waals surface area contributed by atoms with Gasteiger partial charge in [0.2, 0.25) is 5.95 Å². The molecule has 36 heavy (non-hydrogen) atoms. The fourth-order valence-corrected chi connectivity index (χ4v) is 4.28. The predicted octanol–water partition coefficient (Wildman–Crippen LogP) is 3.54. The van der Waals surface area contributed by atoms with Crippen molar-refractivity contribution < 1.29 is 19.4 Å². The summed E-state index contributed by atoms with van der Waals surface area (Å²) in [6.07, 6.45) is 5.46. The van der Waals surface area contributed by atoms with Crippen LogP contribution in [0.5, 0.6) is 5.75 Å². The molecule has 1 fully saturated rings. The van der Waals surface area contributed by atoms with Crippen LogP contribution in [0, 0.1) is 12.8 Å². The normalized spacial score (nSPS) is 17.6. The summed E-state index contributed by atoms with van der Waals surface area (Å²) in [5.74, 6) is 0.0624. The van der Waals surface area contributed by atoms with Crippen LogP contribution in [0.4, 0.5) is 5.95 Å². The maximum Gasteiger partial charge on any atom is 0.306 e. The van der Waals surface area contributed by atoms with E-state index in [1.807, 2.05) is 32.2 Å². The molecule has 1 saturated carbocycles. The smallest absolute Gasteiger partial charge is 0.306 e. The van der Waals surface area contributed by atoms with Gasteiger partial charge in [-0.2, -0.15) is 0 Å². The van der Waals surface area contributed by atoms with Gasteiger partial charge >= 0.3 is 5.97 Å². The highest BCUT2D eigenvalue weighted by Crippen LogP contribution is 2.30. The molecule has 0 bridgehead atoms. The summed E-state index contributed by atoms with van der Waals surface area (Å²) in [6, 6.07) is 5.57. The molecular weight excluding hydrogens is 462 g/mol. The van der Waals surface area contributed by atoms with Crippen molar-refractivity contribution in [2.75, 3.05) is 11.9 Å². The quantitative estimate of drug-likeness (QED) is 0.380. The first-order chi connectivity index (χ1) is 17.4. The minimum absolute atomic E-state index is 0.120. The van der Waals surface area contributed by atoms with Gasteiger partial charge < -0.3 is 19.9 Å². The van der Waals surface area contributed by atoms with Crippen molar-refractivity contribution >= 4 is 11.9 Å². The van der Waals surface area contributed by atoms with Crippen LogP contribution >= 0.6 is 0 Å². The summed E-state index contributed by atoms with van der Waals surface area (Å²) in [4.78, 5) is 24.9. The zero-order valence-corrected chi connectivity index (χ0v) is 21.0. The van der Waals surface area contributed by atoms with Gasteiger partial charge in [0.25, 0.3) is 0 Å². The highest BCUT2D eigenvalue weighted by Gasteiger charge is 2.28. The lowest BCUT2D eigenvalue weighted by atomic mass is 9.87. The molecule has 2 atom stereocenters. The molecule has 0 amide bonds. The average molecular weight is 496 g/mol. The Morgan fingerprint density at radius 2 is 2.11 bits per heavy atom. The number of hydrogen-bond acceptors (Lipinski definition) is 9. The zero-order chi connectivity index (χ0) is 25.5. The SMILES string of the molecule is CCCOCc1ccnc(NCc2c(-c3ccc(O[C@H]4CCC[C@H](C(=O)O)C4)c(C)n3)nnn2C)n1. The van der Waals surface area contributed by atoms with Crippen molar-refractivity contribution in [3.05, 3.63) is 41.5 Å². The number of aryl methyl sites for hydroxylation is 2. The third kappa shape index (κ3) is 6.34. The minimum atomic E-state index is -0.751. The summed E-state index contributed by atoms with van der Waals surface area (Å²) >= 11 is 0. The first-order valence-corrected chi connectivity index (χ1v) is 12.3. The monoisotopic (exact) mass is 495 g/mol. The van der Waals surface area contributed by atoms with E-state index in [9.17, 15) is 9.90 Å². The second kappa shape index (κ2) is 11.9. The van der Waals surface area contributed by atoms with Gasteiger partial charge in [-0.15, -0.1) is 5.10 Å². The van der Waals surface area contributed by atoms with Crippen molar-refractivity contribution in [1.82, 2.24) is 29.9 Å². The van der Waals surface area contributed by atoms with E-state index < -0.39 is 5.97 Å². The van der Waals surface area contributed by atoms with E-state index in [4.69, 9.17) is 14.5 Å². The van der Waals surface area contributed by atoms with Crippen LogP contribution in [0.2, 0.25) is 0 Å². The van der Waals surface area contributed by atoms with Gasteiger partial charge in [-0.25, -0.2) is 19.6 Å². The Morgan fingerprint density at radius 1 is 1.25 bits per heavy atom. The molecule has 2 N–H and O–H groups in total. The number of carbonyl (C=O) groups is 1. The van der Waals surface area contributed by atoms with E-state index in [-0.39, 0.29) is 12.0 Å². The summed E-state index contributed by atoms with van der Waals surface area (Å²) in [6.45, 7) is 5.49. The van der Waals surface area contributed by atoms with Crippen molar-refractivity contribution in [2.45, 2.75) is 65.2 Å². The van der Waals surface area contributed by atoms with Crippen molar-refractivity contribution in [3.8, 4) is 17.1 Å². The van der Waals surface area contributed by atoms with E-state index >= 15 is 0 Å². The van der Waals surface area contributed by atoms with Gasteiger partial charge in [-0.3, -0.25) is 4.79 Å². The fourth-order valence-electron chi connectivity index (χ4n) is 4.28. The van der Waals surface area contributed by atoms with E-state index in [0.717, 1.165) is 36.3 Å². The summed E-state index contributed by atoms with van der Waals surface area (Å²) in [5.41, 5.74) is 3.70. The maximum atomic E-state index is 11.4. The number of aliphatic carboxylic acids is 1. The average Bonchev–Trinajstić information content (AvgIpc) is 3.24. The van der Waals surface area contributed by atoms with Crippen LogP contribution in [0.1, 0.15) is 56.1 Å². The molecule has 0 radical (unpaired) electrons. The Balaban J connectivity index is 1.43. The van der Waals surface area contributed by atoms with Crippen LogP contribution < -0.4 is 10.1 Å². The Hall–Kier alpha value is -3.60. The highest BCUT2D eigenvalue weighted by atomic mass is 16.5. The Morgan fingerprint density at radius 3 is 2.89 bits per heavy atom. The molecule has 0 aromatic carbocycles. The number of carboxylic acid groups (broad SMARTS) is 1. The number of ether oxygens (including phenoxy) is 2. The molecule has 3 aromatic rings. The third-order valence-electron chi connectivity index (χ3n) is 6.22. The predicted molar refractivity (Wildman–Crippen MR) is 132 cm³/mol. The van der Waals surface area contributed by atoms with Crippen LogP contribution in [0.3, 0.4) is 0 Å². The molecule has 192 valence electrons. The first-order valence-electron chi connectivity index (χ1n) is 12.3. The number of nitrogens with one attached hydrogen (secondary N) is 1. The minimum Gasteiger partial charge on any atom is -0.489 e. The van der Waals surface area contributed by atoms with Crippen molar-refractivity contribution in [1.29, 1.82) is 0 Å². The molecule has 0 saturated heterocycles. The molecule has 0 aliphatic heterocycles. The number of anilines is 1. The molecule has 1 aliphatic carbocycles. The van der Waals surface area contributed by atoms with Crippen LogP contribution in [0.15, 0.2) is 24.4 Å². The topological polar surface area (TPSA) is 137 Å². The van der Waals surface area contributed by atoms with Gasteiger partial charge in [0.15, 0.2) is 0 Å². The van der Waals surface area contributed by atoms with Crippen molar-refractivity contribution in [2.24, 2.45) is 13.0 Å². The van der Waals surface area contributed by atoms with Crippen LogP contribution in [0.25, 0.3) is 11.4 Å². The van der Waals surface area contributed by atoms with Crippen molar-refractivity contribution in [3.63, 3.8) is 0 Å². The molecule has 1 aliphatic rings. The van der Waals surface area contributed by atoms with E-state index in [1.165, 1.54) is 0 Å². The molecule has 0 unspecified atom stereocenters. The maximum absolute atomic E-state index is 11.4. The zero-order valence-electron chi connectivity index (χ0n) is 21.0. The number of rotatable bonds is 11. The first kappa shape index (κ1) is 25.5. The van der Waals surface area contributed by atoms with Gasteiger partial charge in [-0.1, -0.05) is 12.1 Å². The lowest BCUT2D eigenvalue weighted by Gasteiger charge is -2.27. The van der Waals surface area contributed by atoms with Gasteiger partial charge in [0, 0.05) is 19.9 Å². The largest absolute Gasteiger partial charge is 0.489 e. The second-order valence-corrected chi connectivity index (χ2v) is 9.01. The highest BCUT2D eigenvalue weighted by molar-refractivity contribution is 5.70. The molecule has 0 spiro atoms. The van der Waals surface area contributed by atoms with E-state index in [0.29, 0.717) is 55.7 Å². The van der Waals surface area contributed by atoms with Gasteiger partial charge in [-0.05, 0) is 57.2 Å². The van der Waals surface area contributed by atoms with E-state index in [1.54, 1.807) is 10.9 Å². The standard InChI is InChI=1S/C25H33N7O4/c1-4-12-35-15-18-10-11-26-25(29-18)27-14-21-23(30-31-32(21)3)20-8-9-22(16(2)28-20)36-19-7-5-6-17(13-19)24(33)34/h8-11,17,19H,4-7,12-15H2,1-3H3,(H,33,34)(H,26,27,29)/t17-,19-/m0/s1. The van der Waals surface area contributed by atoms with Gasteiger partial charge in [0.1, 0.15) is 11.4 Å². The molecule has 11 nitrogen and oxygen atoms in total. The Labute approximate surface area is 210 Å². The molecule has 4 rings (SSSR count). The summed E-state index contributed by atoms with van der Waals surface area (Å²) < 4.78 is 13.4. The lowest BCUT2D eigenvalue weighted by molar-refractivity contribution is -0.143. The number of pyridine rings is 1. The summed E-state index contributed by atoms with van der Waals surface area (Å²) in [5, 5.41) is 21.1. The number of nitrogens with zero attached hydrogens (tertiary/aromatic N) is 6. The molecule has 3 aromatic heterocycles. The molecular formula is C25H33N7O4. The molecule has 11 heteroatoms. The fraction of sp³-hybridized carbons (Fsp3) is 0.520. The lowest BCUT2D eigenvalue weighted by Crippen LogP contribution is -2.29. The second-order valence-electron chi connectivity index (χ2n) is 9.01. The van der Waals surface area contributed by atoms with Crippen LogP contribution in [-0.2, 0) is 29.7 Å². The van der Waals surface area contributed by atoms with Crippen LogP contribution in [-0.4, -0.2) is 53.7 Å². The number of aromatic nitrogens is 6. The van der Waals surface area contributed by atoms with E-state index in [2.05, 4.69) is 32.5 Å². The molecule has 3 heterocycles.